The van der Waals surface area contributed by atoms with Gasteiger partial charge in [0.25, 0.3) is 0 Å². The van der Waals surface area contributed by atoms with E-state index in [-0.39, 0.29) is 34.6 Å². The second kappa shape index (κ2) is 11.6. The Kier molecular flexibility index (Phi) is 8.81. The third-order valence-corrected chi connectivity index (χ3v) is 10.7. The van der Waals surface area contributed by atoms with Crippen LogP contribution in [0.2, 0.25) is 0 Å². The van der Waals surface area contributed by atoms with Crippen LogP contribution in [0.5, 0.6) is 5.75 Å². The third-order valence-electron chi connectivity index (χ3n) is 7.29. The molecule has 4 rings (SSSR count). The fraction of sp³-hybridized carbons (Fsp3) is 0.625. The molecule has 0 radical (unpaired) electrons. The van der Waals surface area contributed by atoms with Gasteiger partial charge in [0.15, 0.2) is 0 Å². The van der Waals surface area contributed by atoms with Gasteiger partial charge in [0.1, 0.15) is 23.4 Å². The Bertz CT molecular complexity index is 1320. The zero-order valence-corrected chi connectivity index (χ0v) is 23.6. The second-order valence-electron chi connectivity index (χ2n) is 9.76. The molecule has 2 saturated heterocycles. The molecule has 0 aliphatic carbocycles. The Balaban J connectivity index is 1.23. The SMILES string of the molecule is CCn1ncc(S(=O)(=O)N2CCC3(CC2)CC(NCC(O)COc2cccc(S(=O)(=O)NC)c2)CO3)c1C. The van der Waals surface area contributed by atoms with Gasteiger partial charge in [0, 0.05) is 38.3 Å². The van der Waals surface area contributed by atoms with Crippen molar-refractivity contribution < 1.29 is 31.4 Å². The van der Waals surface area contributed by atoms with E-state index in [1.807, 2.05) is 6.92 Å². The summed E-state index contributed by atoms with van der Waals surface area (Å²) in [6.07, 6.45) is 2.55. The molecule has 0 bridgehead atoms. The molecule has 3 N–H and O–H groups in total. The van der Waals surface area contributed by atoms with Crippen molar-refractivity contribution in [1.29, 1.82) is 0 Å². The van der Waals surface area contributed by atoms with Crippen LogP contribution in [0.25, 0.3) is 0 Å². The summed E-state index contributed by atoms with van der Waals surface area (Å²) in [6.45, 7) is 5.82. The quantitative estimate of drug-likeness (QED) is 0.349. The van der Waals surface area contributed by atoms with Crippen LogP contribution in [0.3, 0.4) is 0 Å². The molecule has 2 aliphatic heterocycles. The topological polar surface area (TPSA) is 152 Å². The number of hydrogen-bond acceptors (Lipinski definition) is 9. The summed E-state index contributed by atoms with van der Waals surface area (Å²) in [5, 5.41) is 17.9. The Morgan fingerprint density at radius 3 is 2.66 bits per heavy atom. The number of hydrogen-bond donors (Lipinski definition) is 3. The number of benzene rings is 1. The summed E-state index contributed by atoms with van der Waals surface area (Å²) in [7, 11) is -5.85. The minimum absolute atomic E-state index is 0.00434. The molecule has 2 aromatic rings. The van der Waals surface area contributed by atoms with E-state index < -0.39 is 26.2 Å². The van der Waals surface area contributed by atoms with Crippen LogP contribution >= 0.6 is 0 Å². The van der Waals surface area contributed by atoms with Crippen molar-refractivity contribution in [2.24, 2.45) is 0 Å². The fourth-order valence-corrected chi connectivity index (χ4v) is 7.37. The lowest BCUT2D eigenvalue weighted by atomic mass is 9.88. The van der Waals surface area contributed by atoms with Crippen LogP contribution in [0.1, 0.15) is 31.9 Å². The van der Waals surface area contributed by atoms with E-state index in [1.165, 1.54) is 29.7 Å². The number of ether oxygens (including phenoxy) is 2. The van der Waals surface area contributed by atoms with E-state index in [4.69, 9.17) is 9.47 Å². The number of sulfonamides is 2. The Morgan fingerprint density at radius 1 is 1.26 bits per heavy atom. The average Bonchev–Trinajstić information content (AvgIpc) is 3.49. The molecule has 1 spiro atoms. The van der Waals surface area contributed by atoms with Gasteiger partial charge in [0.05, 0.1) is 29.0 Å². The summed E-state index contributed by atoms with van der Waals surface area (Å²) in [5.41, 5.74) is 0.264. The summed E-state index contributed by atoms with van der Waals surface area (Å²) in [4.78, 5) is 0.345. The molecule has 2 aliphatic rings. The van der Waals surface area contributed by atoms with Crippen LogP contribution in [0, 0.1) is 6.92 Å². The number of aliphatic hydroxyl groups is 1. The molecule has 1 aromatic carbocycles. The van der Waals surface area contributed by atoms with Crippen molar-refractivity contribution in [3.05, 3.63) is 36.2 Å². The molecule has 2 fully saturated rings. The summed E-state index contributed by atoms with van der Waals surface area (Å²) >= 11 is 0. The standard InChI is InChI=1S/C24H37N5O7S2/c1-4-29-18(2)23(15-27-29)38(33,34)28-10-8-24(9-11-28)13-19(16-36-24)26-14-20(30)17-35-21-6-5-7-22(12-21)37(31,32)25-3/h5-7,12,15,19-20,25-26,30H,4,8-11,13-14,16-17H2,1-3H3. The second-order valence-corrected chi connectivity index (χ2v) is 13.6. The van der Waals surface area contributed by atoms with Crippen molar-refractivity contribution in [2.45, 2.75) is 67.2 Å². The fourth-order valence-electron chi connectivity index (χ4n) is 5.00. The summed E-state index contributed by atoms with van der Waals surface area (Å²) in [5.74, 6) is 0.350. The first kappa shape index (κ1) is 28.9. The van der Waals surface area contributed by atoms with Crippen LogP contribution in [0.15, 0.2) is 40.3 Å². The smallest absolute Gasteiger partial charge is 0.246 e. The van der Waals surface area contributed by atoms with E-state index in [0.717, 1.165) is 6.42 Å². The first-order valence-electron chi connectivity index (χ1n) is 12.7. The van der Waals surface area contributed by atoms with Gasteiger partial charge in [-0.3, -0.25) is 4.68 Å². The molecule has 0 saturated carbocycles. The van der Waals surface area contributed by atoms with Gasteiger partial charge in [-0.15, -0.1) is 0 Å². The van der Waals surface area contributed by atoms with E-state index in [1.54, 1.807) is 23.7 Å². The number of aryl methyl sites for hydroxylation is 1. The molecular formula is C24H37N5O7S2. The van der Waals surface area contributed by atoms with Crippen molar-refractivity contribution in [3.63, 3.8) is 0 Å². The number of aliphatic hydroxyl groups excluding tert-OH is 1. The molecule has 0 amide bonds. The summed E-state index contributed by atoms with van der Waals surface area (Å²) in [6, 6.07) is 6.11. The van der Waals surface area contributed by atoms with Crippen molar-refractivity contribution >= 4 is 20.0 Å². The van der Waals surface area contributed by atoms with Crippen molar-refractivity contribution in [2.75, 3.05) is 39.9 Å². The maximum atomic E-state index is 13.2. The van der Waals surface area contributed by atoms with Gasteiger partial charge in [-0.05, 0) is 52.3 Å². The molecule has 3 heterocycles. The monoisotopic (exact) mass is 571 g/mol. The van der Waals surface area contributed by atoms with Crippen LogP contribution in [0.4, 0.5) is 0 Å². The zero-order valence-electron chi connectivity index (χ0n) is 22.0. The van der Waals surface area contributed by atoms with Crippen molar-refractivity contribution in [1.82, 2.24) is 24.1 Å². The Hall–Kier alpha value is -2.07. The molecule has 2 atom stereocenters. The third kappa shape index (κ3) is 6.22. The molecular weight excluding hydrogens is 534 g/mol. The minimum Gasteiger partial charge on any atom is -0.491 e. The normalized spacial score (nSPS) is 21.1. The van der Waals surface area contributed by atoms with Crippen LogP contribution < -0.4 is 14.8 Å². The predicted octanol–water partition coefficient (Wildman–Crippen LogP) is 0.461. The highest BCUT2D eigenvalue weighted by molar-refractivity contribution is 7.89. The average molecular weight is 572 g/mol. The highest BCUT2D eigenvalue weighted by Gasteiger charge is 2.45. The molecule has 2 unspecified atom stereocenters. The van der Waals surface area contributed by atoms with Gasteiger partial charge in [-0.2, -0.15) is 9.40 Å². The first-order valence-corrected chi connectivity index (χ1v) is 15.7. The van der Waals surface area contributed by atoms with Crippen LogP contribution in [-0.2, 0) is 31.3 Å². The molecule has 212 valence electrons. The predicted molar refractivity (Wildman–Crippen MR) is 140 cm³/mol. The number of piperidine rings is 1. The van der Waals surface area contributed by atoms with Crippen molar-refractivity contribution in [3.8, 4) is 5.75 Å². The largest absolute Gasteiger partial charge is 0.491 e. The van der Waals surface area contributed by atoms with E-state index in [9.17, 15) is 21.9 Å². The van der Waals surface area contributed by atoms with E-state index in [0.29, 0.717) is 50.5 Å². The lowest BCUT2D eigenvalue weighted by Gasteiger charge is -2.38. The van der Waals surface area contributed by atoms with Gasteiger partial charge in [-0.25, -0.2) is 21.6 Å². The minimum atomic E-state index is -3.61. The summed E-state index contributed by atoms with van der Waals surface area (Å²) < 4.78 is 67.4. The lowest BCUT2D eigenvalue weighted by Crippen LogP contribution is -2.47. The van der Waals surface area contributed by atoms with E-state index in [2.05, 4.69) is 15.1 Å². The Morgan fingerprint density at radius 2 is 2.00 bits per heavy atom. The number of rotatable bonds is 11. The van der Waals surface area contributed by atoms with E-state index >= 15 is 0 Å². The molecule has 1 aromatic heterocycles. The highest BCUT2D eigenvalue weighted by Crippen LogP contribution is 2.37. The maximum absolute atomic E-state index is 13.2. The van der Waals surface area contributed by atoms with Crippen LogP contribution in [-0.4, -0.2) is 93.7 Å². The number of aromatic nitrogens is 2. The first-order chi connectivity index (χ1) is 18.0. The maximum Gasteiger partial charge on any atom is 0.246 e. The van der Waals surface area contributed by atoms with Gasteiger partial charge in [-0.1, -0.05) is 6.07 Å². The lowest BCUT2D eigenvalue weighted by molar-refractivity contribution is -0.0312. The molecule has 14 heteroatoms. The highest BCUT2D eigenvalue weighted by atomic mass is 32.2. The van der Waals surface area contributed by atoms with Gasteiger partial charge < -0.3 is 19.9 Å². The van der Waals surface area contributed by atoms with Gasteiger partial charge >= 0.3 is 0 Å². The number of nitrogens with zero attached hydrogens (tertiary/aromatic N) is 3. The Labute approximate surface area is 224 Å². The molecule has 12 nitrogen and oxygen atoms in total. The molecule has 38 heavy (non-hydrogen) atoms. The number of nitrogens with one attached hydrogen (secondary N) is 2. The van der Waals surface area contributed by atoms with Gasteiger partial charge in [0.2, 0.25) is 20.0 Å². The zero-order chi connectivity index (χ0) is 27.6.